The average molecular weight is 692 g/mol. The first-order chi connectivity index (χ1) is 26.7. The van der Waals surface area contributed by atoms with Gasteiger partial charge < -0.3 is 4.74 Å². The van der Waals surface area contributed by atoms with Gasteiger partial charge >= 0.3 is 0 Å². The zero-order chi connectivity index (χ0) is 35.6. The van der Waals surface area contributed by atoms with Crippen molar-refractivity contribution in [3.8, 4) is 68.2 Å². The van der Waals surface area contributed by atoms with E-state index in [1.807, 2.05) is 103 Å². The number of fused-ring (bicyclic) bond motifs is 10. The third-order valence-electron chi connectivity index (χ3n) is 10.6. The summed E-state index contributed by atoms with van der Waals surface area (Å²) in [5.74, 6) is 4.23. The predicted molar refractivity (Wildman–Crippen MR) is 212 cm³/mol. The molecule has 1 aliphatic heterocycles. The van der Waals surface area contributed by atoms with Gasteiger partial charge in [-0.25, -0.2) is 24.9 Å². The van der Waals surface area contributed by atoms with Gasteiger partial charge in [0.2, 0.25) is 0 Å². The molecule has 1 aliphatic carbocycles. The lowest BCUT2D eigenvalue weighted by Gasteiger charge is -2.39. The molecule has 0 fully saturated rings. The zero-order valence-electron chi connectivity index (χ0n) is 28.9. The van der Waals surface area contributed by atoms with Crippen LogP contribution < -0.4 is 4.74 Å². The highest BCUT2D eigenvalue weighted by molar-refractivity contribution is 5.92. The smallest absolute Gasteiger partial charge is 0.164 e. The number of nitrogens with zero attached hydrogens (tertiary/aromatic N) is 5. The minimum Gasteiger partial charge on any atom is -0.457 e. The minimum atomic E-state index is -0.662. The van der Waals surface area contributed by atoms with Crippen LogP contribution in [0.3, 0.4) is 0 Å². The van der Waals surface area contributed by atoms with Crippen LogP contribution in [0, 0.1) is 0 Å². The van der Waals surface area contributed by atoms with Crippen molar-refractivity contribution in [3.05, 3.63) is 198 Å². The summed E-state index contributed by atoms with van der Waals surface area (Å²) in [6.45, 7) is 0. The molecule has 9 aromatic rings. The van der Waals surface area contributed by atoms with E-state index in [2.05, 4.69) is 72.8 Å². The Kier molecular flexibility index (Phi) is 6.67. The molecular weight excluding hydrogens is 663 g/mol. The van der Waals surface area contributed by atoms with Gasteiger partial charge in [-0.15, -0.1) is 0 Å². The lowest BCUT2D eigenvalue weighted by molar-refractivity contribution is 0.436. The molecule has 0 N–H and O–H groups in total. The molecule has 11 rings (SSSR count). The Hall–Kier alpha value is -7.31. The highest BCUT2D eigenvalue weighted by Gasteiger charge is 2.51. The van der Waals surface area contributed by atoms with Gasteiger partial charge in [0.15, 0.2) is 23.3 Å². The number of para-hydroxylation sites is 3. The largest absolute Gasteiger partial charge is 0.457 e. The predicted octanol–water partition coefficient (Wildman–Crippen LogP) is 11.0. The second-order valence-corrected chi connectivity index (χ2v) is 13.7. The first-order valence-electron chi connectivity index (χ1n) is 18.0. The summed E-state index contributed by atoms with van der Waals surface area (Å²) < 4.78 is 6.61. The maximum Gasteiger partial charge on any atom is 0.164 e. The van der Waals surface area contributed by atoms with E-state index in [0.29, 0.717) is 23.3 Å². The van der Waals surface area contributed by atoms with Gasteiger partial charge in [-0.1, -0.05) is 140 Å². The highest BCUT2D eigenvalue weighted by atomic mass is 16.5. The topological polar surface area (TPSA) is 73.7 Å². The molecule has 0 bridgehead atoms. The molecule has 0 atom stereocenters. The Morgan fingerprint density at radius 1 is 0.370 bits per heavy atom. The molecule has 0 amide bonds. The van der Waals surface area contributed by atoms with Gasteiger partial charge in [0.1, 0.15) is 11.5 Å². The number of hydrogen-bond acceptors (Lipinski definition) is 6. The third-order valence-corrected chi connectivity index (χ3v) is 10.6. The van der Waals surface area contributed by atoms with Crippen molar-refractivity contribution in [1.29, 1.82) is 0 Å². The van der Waals surface area contributed by atoms with Crippen molar-refractivity contribution in [2.75, 3.05) is 0 Å². The summed E-state index contributed by atoms with van der Waals surface area (Å²) in [7, 11) is 0. The van der Waals surface area contributed by atoms with E-state index in [1.54, 1.807) is 0 Å². The standard InChI is InChI=1S/C48H29N5O/c1-3-13-30(14-4-1)45-51-46(31-15-5-2-6-16-31)53-47(52-45)32-24-26-37-36(27-32)35-25-23-33(44-49-29-34-17-7-10-20-41(34)50-44)28-40(35)48(37)38-18-8-11-21-42(38)54-43-22-12-9-19-39(43)48/h1-29H. The van der Waals surface area contributed by atoms with E-state index in [0.717, 1.165) is 72.5 Å². The van der Waals surface area contributed by atoms with Crippen molar-refractivity contribution in [2.45, 2.75) is 5.41 Å². The zero-order valence-corrected chi connectivity index (χ0v) is 28.9. The first kappa shape index (κ1) is 30.3. The molecule has 252 valence electrons. The lowest BCUT2D eigenvalue weighted by atomic mass is 9.66. The van der Waals surface area contributed by atoms with Crippen LogP contribution >= 0.6 is 0 Å². The van der Waals surface area contributed by atoms with E-state index in [4.69, 9.17) is 29.7 Å². The molecule has 6 nitrogen and oxygen atoms in total. The van der Waals surface area contributed by atoms with Gasteiger partial charge in [0, 0.05) is 45.0 Å². The number of ether oxygens (including phenoxy) is 1. The molecule has 7 aromatic carbocycles. The molecular formula is C48H29N5O. The molecule has 0 saturated heterocycles. The van der Waals surface area contributed by atoms with Gasteiger partial charge in [-0.05, 0) is 52.6 Å². The molecule has 0 unspecified atom stereocenters. The number of rotatable bonds is 4. The highest BCUT2D eigenvalue weighted by Crippen LogP contribution is 2.62. The Morgan fingerprint density at radius 2 is 0.926 bits per heavy atom. The van der Waals surface area contributed by atoms with Crippen molar-refractivity contribution in [1.82, 2.24) is 24.9 Å². The lowest BCUT2D eigenvalue weighted by Crippen LogP contribution is -2.32. The Bertz CT molecular complexity index is 2820. The van der Waals surface area contributed by atoms with E-state index >= 15 is 0 Å². The summed E-state index contributed by atoms with van der Waals surface area (Å²) in [6.07, 6.45) is 1.91. The summed E-state index contributed by atoms with van der Waals surface area (Å²) in [5.41, 5.74) is 10.7. The van der Waals surface area contributed by atoms with Gasteiger partial charge in [0.05, 0.1) is 10.9 Å². The molecule has 3 heterocycles. The number of aromatic nitrogens is 5. The van der Waals surface area contributed by atoms with E-state index in [-0.39, 0.29) is 0 Å². The van der Waals surface area contributed by atoms with Crippen molar-refractivity contribution < 1.29 is 4.74 Å². The van der Waals surface area contributed by atoms with Crippen LogP contribution in [0.4, 0.5) is 0 Å². The van der Waals surface area contributed by atoms with Gasteiger partial charge in [0.25, 0.3) is 0 Å². The maximum atomic E-state index is 6.61. The van der Waals surface area contributed by atoms with Crippen molar-refractivity contribution in [2.24, 2.45) is 0 Å². The van der Waals surface area contributed by atoms with Crippen LogP contribution in [0.1, 0.15) is 22.3 Å². The van der Waals surface area contributed by atoms with Gasteiger partial charge in [-0.3, -0.25) is 0 Å². The fourth-order valence-electron chi connectivity index (χ4n) is 8.23. The van der Waals surface area contributed by atoms with Crippen LogP contribution in [0.5, 0.6) is 11.5 Å². The summed E-state index contributed by atoms with van der Waals surface area (Å²) >= 11 is 0. The van der Waals surface area contributed by atoms with Gasteiger partial charge in [-0.2, -0.15) is 0 Å². The second-order valence-electron chi connectivity index (χ2n) is 13.7. The Labute approximate surface area is 311 Å². The van der Waals surface area contributed by atoms with E-state index < -0.39 is 5.41 Å². The summed E-state index contributed by atoms with van der Waals surface area (Å²) in [4.78, 5) is 24.9. The quantitative estimate of drug-likeness (QED) is 0.183. The molecule has 2 aromatic heterocycles. The summed E-state index contributed by atoms with van der Waals surface area (Å²) in [6, 6.07) is 58.4. The monoisotopic (exact) mass is 691 g/mol. The minimum absolute atomic E-state index is 0.613. The first-order valence-corrected chi connectivity index (χ1v) is 18.0. The summed E-state index contributed by atoms with van der Waals surface area (Å²) in [5, 5.41) is 1.01. The molecule has 0 radical (unpaired) electrons. The Morgan fingerprint density at radius 3 is 1.61 bits per heavy atom. The number of hydrogen-bond donors (Lipinski definition) is 0. The Balaban J connectivity index is 1.17. The van der Waals surface area contributed by atoms with Crippen molar-refractivity contribution >= 4 is 10.9 Å². The fraction of sp³-hybridized carbons (Fsp3) is 0.0208. The molecule has 1 spiro atoms. The van der Waals surface area contributed by atoms with Crippen LogP contribution in [0.15, 0.2) is 176 Å². The van der Waals surface area contributed by atoms with Crippen LogP contribution in [-0.4, -0.2) is 24.9 Å². The van der Waals surface area contributed by atoms with E-state index in [9.17, 15) is 0 Å². The third kappa shape index (κ3) is 4.57. The second kappa shape index (κ2) is 11.9. The molecule has 6 heteroatoms. The maximum absolute atomic E-state index is 6.61. The van der Waals surface area contributed by atoms with Crippen LogP contribution in [0.2, 0.25) is 0 Å². The normalized spacial score (nSPS) is 13.1. The fourth-order valence-corrected chi connectivity index (χ4v) is 8.23. The molecule has 54 heavy (non-hydrogen) atoms. The van der Waals surface area contributed by atoms with Crippen molar-refractivity contribution in [3.63, 3.8) is 0 Å². The molecule has 2 aliphatic rings. The SMILES string of the molecule is c1ccc(-c2nc(-c3ccccc3)nc(-c3ccc4c(c3)-c3ccc(-c5ncc6ccccc6n5)cc3C43c4ccccc4Oc4ccccc43)n2)cc1. The van der Waals surface area contributed by atoms with Crippen LogP contribution in [0.25, 0.3) is 67.6 Å². The van der Waals surface area contributed by atoms with E-state index in [1.165, 1.54) is 5.56 Å². The van der Waals surface area contributed by atoms with Crippen LogP contribution in [-0.2, 0) is 5.41 Å². The average Bonchev–Trinajstić information content (AvgIpc) is 3.53. The number of benzene rings is 7. The molecule has 0 saturated carbocycles.